The van der Waals surface area contributed by atoms with Crippen molar-refractivity contribution in [3.05, 3.63) is 57.6 Å². The van der Waals surface area contributed by atoms with E-state index in [4.69, 9.17) is 0 Å². The van der Waals surface area contributed by atoms with Crippen LogP contribution in [0.4, 0.5) is 11.4 Å². The minimum Gasteiger partial charge on any atom is -0.229 e. The first kappa shape index (κ1) is 16.3. The summed E-state index contributed by atoms with van der Waals surface area (Å²) < 4.78 is 5.23. The van der Waals surface area contributed by atoms with Gasteiger partial charge in [-0.2, -0.15) is 0 Å². The van der Waals surface area contributed by atoms with Crippen LogP contribution in [0.5, 0.6) is 0 Å². The van der Waals surface area contributed by atoms with Crippen molar-refractivity contribution in [2.45, 2.75) is 41.5 Å². The topological polar surface area (TPSA) is 6.48 Å². The van der Waals surface area contributed by atoms with Crippen LogP contribution in [0, 0.1) is 41.5 Å². The fraction of sp³-hybridized carbons (Fsp3) is 0.400. The summed E-state index contributed by atoms with van der Waals surface area (Å²) in [6.45, 7) is 15.6. The van der Waals surface area contributed by atoms with E-state index in [1.165, 1.54) is 44.8 Å². The van der Waals surface area contributed by atoms with E-state index in [2.05, 4.69) is 75.1 Å². The van der Waals surface area contributed by atoms with E-state index in [-0.39, 0.29) is 8.88 Å². The van der Waals surface area contributed by atoms with Gasteiger partial charge >= 0.3 is 0 Å². The molecule has 0 saturated carbocycles. The zero-order valence-corrected chi connectivity index (χ0v) is 16.4. The quantitative estimate of drug-likeness (QED) is 0.708. The molecule has 1 saturated heterocycles. The Morgan fingerprint density at radius 3 is 1.22 bits per heavy atom. The van der Waals surface area contributed by atoms with Crippen LogP contribution in [-0.2, 0) is 0 Å². The molecule has 0 N–H and O–H groups in total. The first-order valence-corrected chi connectivity index (χ1v) is 9.44. The number of benzene rings is 2. The van der Waals surface area contributed by atoms with Crippen molar-refractivity contribution < 1.29 is 0 Å². The van der Waals surface area contributed by atoms with Crippen molar-refractivity contribution in [1.82, 2.24) is 0 Å². The Kier molecular flexibility index (Phi) is 4.38. The Balaban J connectivity index is 1.91. The zero-order valence-electron chi connectivity index (χ0n) is 15.2. The van der Waals surface area contributed by atoms with Gasteiger partial charge in [-0.15, -0.1) is 0 Å². The number of rotatable bonds is 2. The van der Waals surface area contributed by atoms with Crippen molar-refractivity contribution in [2.75, 3.05) is 22.4 Å². The van der Waals surface area contributed by atoms with Gasteiger partial charge in [0, 0.05) is 0 Å². The monoisotopic (exact) mass is 327 g/mol. The third-order valence-electron chi connectivity index (χ3n) is 4.71. The lowest BCUT2D eigenvalue weighted by molar-refractivity contribution is 1.01. The standard InChI is InChI=1S/C20H27N2P/c1-13-9-15(3)19(16(4)10-13)21-7-8-22(23-21)20-17(5)11-14(2)12-18(20)6/h9-12,23H,7-8H2,1-6H3/p+1. The normalized spacial score (nSPS) is 14.7. The van der Waals surface area contributed by atoms with Crippen LogP contribution in [0.15, 0.2) is 24.3 Å². The third kappa shape index (κ3) is 3.10. The molecule has 0 aromatic heterocycles. The lowest BCUT2D eigenvalue weighted by atomic mass is 10.0. The zero-order chi connectivity index (χ0) is 16.7. The Morgan fingerprint density at radius 1 is 0.609 bits per heavy atom. The van der Waals surface area contributed by atoms with Gasteiger partial charge in [0.05, 0.1) is 24.5 Å². The number of hydrogen-bond acceptors (Lipinski definition) is 2. The lowest BCUT2D eigenvalue weighted by Crippen LogP contribution is -2.13. The minimum absolute atomic E-state index is 0.111. The van der Waals surface area contributed by atoms with Crippen LogP contribution in [0.25, 0.3) is 0 Å². The van der Waals surface area contributed by atoms with Crippen molar-refractivity contribution in [3.63, 3.8) is 0 Å². The number of nitrogens with zero attached hydrogens (tertiary/aromatic N) is 2. The van der Waals surface area contributed by atoms with Crippen LogP contribution in [0.3, 0.4) is 0 Å². The molecular weight excluding hydrogens is 299 g/mol. The molecule has 1 fully saturated rings. The summed E-state index contributed by atoms with van der Waals surface area (Å²) in [5.41, 5.74) is 11.3. The minimum atomic E-state index is 0.111. The number of aryl methyl sites for hydroxylation is 6. The van der Waals surface area contributed by atoms with Crippen molar-refractivity contribution in [3.8, 4) is 0 Å². The van der Waals surface area contributed by atoms with Gasteiger partial charge in [-0.3, -0.25) is 0 Å². The molecule has 1 aliphatic rings. The fourth-order valence-corrected chi connectivity index (χ4v) is 5.93. The number of anilines is 2. The molecule has 0 spiro atoms. The molecule has 122 valence electrons. The van der Waals surface area contributed by atoms with E-state index in [9.17, 15) is 0 Å². The lowest BCUT2D eigenvalue weighted by Gasteiger charge is -2.20. The van der Waals surface area contributed by atoms with Gasteiger partial charge in [0.15, 0.2) is 8.88 Å². The summed E-state index contributed by atoms with van der Waals surface area (Å²) in [7, 11) is 0.111. The molecule has 2 aromatic carbocycles. The van der Waals surface area contributed by atoms with E-state index >= 15 is 0 Å². The largest absolute Gasteiger partial charge is 0.229 e. The highest BCUT2D eigenvalue weighted by atomic mass is 31.1. The second-order valence-corrected chi connectivity index (χ2v) is 8.47. The van der Waals surface area contributed by atoms with Crippen LogP contribution < -0.4 is 9.34 Å². The summed E-state index contributed by atoms with van der Waals surface area (Å²) in [5, 5.41) is 0. The first-order valence-electron chi connectivity index (χ1n) is 8.41. The third-order valence-corrected chi connectivity index (χ3v) is 6.30. The Labute approximate surface area is 142 Å². The molecule has 0 aliphatic carbocycles. The van der Waals surface area contributed by atoms with Gasteiger partial charge in [-0.25, -0.2) is 9.34 Å². The van der Waals surface area contributed by atoms with Crippen LogP contribution in [0.1, 0.15) is 33.4 Å². The molecule has 2 aromatic rings. The van der Waals surface area contributed by atoms with E-state index in [0.717, 1.165) is 13.1 Å². The maximum absolute atomic E-state index is 2.61. The van der Waals surface area contributed by atoms with E-state index in [1.54, 1.807) is 0 Å². The van der Waals surface area contributed by atoms with Crippen molar-refractivity contribution in [2.24, 2.45) is 0 Å². The highest BCUT2D eigenvalue weighted by molar-refractivity contribution is 7.42. The molecule has 0 bridgehead atoms. The van der Waals surface area contributed by atoms with Crippen LogP contribution in [0.2, 0.25) is 0 Å². The molecule has 3 heteroatoms. The number of hydrogen-bond donors (Lipinski definition) is 0. The van der Waals surface area contributed by atoms with E-state index < -0.39 is 0 Å². The molecular formula is C20H28N2P+. The van der Waals surface area contributed by atoms with Gasteiger partial charge in [-0.05, 0) is 63.8 Å². The predicted molar refractivity (Wildman–Crippen MR) is 106 cm³/mol. The molecule has 1 aliphatic heterocycles. The molecule has 23 heavy (non-hydrogen) atoms. The Morgan fingerprint density at radius 2 is 0.913 bits per heavy atom. The molecule has 2 nitrogen and oxygen atoms in total. The second-order valence-electron chi connectivity index (χ2n) is 7.00. The molecule has 3 rings (SSSR count). The van der Waals surface area contributed by atoms with Gasteiger partial charge in [0.25, 0.3) is 0 Å². The average Bonchev–Trinajstić information content (AvgIpc) is 2.85. The van der Waals surface area contributed by atoms with Crippen LogP contribution in [-0.4, -0.2) is 13.1 Å². The first-order chi connectivity index (χ1) is 10.9. The van der Waals surface area contributed by atoms with E-state index in [1.807, 2.05) is 0 Å². The predicted octanol–water partition coefficient (Wildman–Crippen LogP) is 5.10. The average molecular weight is 327 g/mol. The summed E-state index contributed by atoms with van der Waals surface area (Å²) in [6, 6.07) is 9.25. The molecule has 0 radical (unpaired) electrons. The summed E-state index contributed by atoms with van der Waals surface area (Å²) in [6.07, 6.45) is 0. The smallest absolute Gasteiger partial charge is 0.170 e. The molecule has 0 atom stereocenters. The van der Waals surface area contributed by atoms with Crippen LogP contribution >= 0.6 is 8.88 Å². The molecule has 0 amide bonds. The highest BCUT2D eigenvalue weighted by Gasteiger charge is 2.31. The van der Waals surface area contributed by atoms with Gasteiger partial charge in [0.1, 0.15) is 0 Å². The summed E-state index contributed by atoms with van der Waals surface area (Å²) >= 11 is 0. The Hall–Kier alpha value is -1.53. The van der Waals surface area contributed by atoms with Crippen molar-refractivity contribution >= 4 is 20.3 Å². The maximum Gasteiger partial charge on any atom is 0.170 e. The van der Waals surface area contributed by atoms with Gasteiger partial charge < -0.3 is 0 Å². The fourth-order valence-electron chi connectivity index (χ4n) is 4.09. The SMILES string of the molecule is Cc1cc(C)c(N2CCN(c3c(C)cc(C)cc3C)[PH2+]2)c(C)c1. The molecule has 0 unspecified atom stereocenters. The second kappa shape index (κ2) is 6.17. The highest BCUT2D eigenvalue weighted by Crippen LogP contribution is 2.44. The summed E-state index contributed by atoms with van der Waals surface area (Å²) in [4.78, 5) is 0. The van der Waals surface area contributed by atoms with Gasteiger partial charge in [0.2, 0.25) is 0 Å². The Bertz CT molecular complexity index is 642. The van der Waals surface area contributed by atoms with E-state index in [0.29, 0.717) is 0 Å². The molecule has 1 heterocycles. The van der Waals surface area contributed by atoms with Crippen molar-refractivity contribution in [1.29, 1.82) is 0 Å². The van der Waals surface area contributed by atoms with Gasteiger partial charge in [-0.1, -0.05) is 35.4 Å². The maximum atomic E-state index is 2.61. The summed E-state index contributed by atoms with van der Waals surface area (Å²) in [5.74, 6) is 0.